The molecule has 0 spiro atoms. The topological polar surface area (TPSA) is 66.6 Å². The van der Waals surface area contributed by atoms with Gasteiger partial charge in [0, 0.05) is 12.6 Å². The zero-order valence-electron chi connectivity index (χ0n) is 12.0. The highest BCUT2D eigenvalue weighted by molar-refractivity contribution is 5.80. The van der Waals surface area contributed by atoms with Gasteiger partial charge in [-0.15, -0.1) is 0 Å². The molecule has 106 valence electrons. The Bertz CT molecular complexity index is 408. The minimum absolute atomic E-state index is 0.316. The average Bonchev–Trinajstić information content (AvgIpc) is 2.44. The Hall–Kier alpha value is -1.39. The maximum absolute atomic E-state index is 11.6. The normalized spacial score (nSPS) is 16.1. The van der Waals surface area contributed by atoms with E-state index in [9.17, 15) is 9.90 Å². The molecule has 0 heterocycles. The van der Waals surface area contributed by atoms with Crippen LogP contribution in [0.4, 0.5) is 0 Å². The summed E-state index contributed by atoms with van der Waals surface area (Å²) in [6, 6.07) is 9.37. The number of likely N-dealkylation sites (N-methyl/N-ethyl adjacent to an activating group) is 1. The first-order valence-electron chi connectivity index (χ1n) is 6.77. The summed E-state index contributed by atoms with van der Waals surface area (Å²) < 4.78 is 0. The molecule has 0 amide bonds. The fourth-order valence-corrected chi connectivity index (χ4v) is 2.18. The van der Waals surface area contributed by atoms with Crippen LogP contribution in [0.1, 0.15) is 32.8 Å². The van der Waals surface area contributed by atoms with Crippen molar-refractivity contribution in [2.24, 2.45) is 5.73 Å². The summed E-state index contributed by atoms with van der Waals surface area (Å²) in [5.74, 6) is -0.986. The second-order valence-corrected chi connectivity index (χ2v) is 4.96. The second kappa shape index (κ2) is 6.68. The average molecular weight is 264 g/mol. The van der Waals surface area contributed by atoms with Gasteiger partial charge in [0.25, 0.3) is 0 Å². The Kier molecular flexibility index (Phi) is 5.51. The lowest BCUT2D eigenvalue weighted by atomic mass is 9.90. The Balaban J connectivity index is 3.04. The van der Waals surface area contributed by atoms with Gasteiger partial charge in [0.05, 0.1) is 0 Å². The van der Waals surface area contributed by atoms with Crippen LogP contribution >= 0.6 is 0 Å². The van der Waals surface area contributed by atoms with E-state index in [0.717, 1.165) is 13.0 Å². The third-order valence-corrected chi connectivity index (χ3v) is 3.74. The Morgan fingerprint density at radius 3 is 2.37 bits per heavy atom. The number of benzene rings is 1. The van der Waals surface area contributed by atoms with Gasteiger partial charge in [-0.2, -0.15) is 0 Å². The van der Waals surface area contributed by atoms with Crippen molar-refractivity contribution in [3.63, 3.8) is 0 Å². The predicted octanol–water partition coefficient (Wildman–Crippen LogP) is 2.05. The number of hydrogen-bond donors (Lipinski definition) is 2. The van der Waals surface area contributed by atoms with Crippen LogP contribution in [-0.4, -0.2) is 35.1 Å². The summed E-state index contributed by atoms with van der Waals surface area (Å²) in [6.45, 7) is 7.32. The number of carboxylic acid groups (broad SMARTS) is 1. The highest BCUT2D eigenvalue weighted by Crippen LogP contribution is 2.21. The van der Waals surface area contributed by atoms with Gasteiger partial charge in [-0.3, -0.25) is 4.90 Å². The van der Waals surface area contributed by atoms with E-state index in [2.05, 4.69) is 18.7 Å². The van der Waals surface area contributed by atoms with Gasteiger partial charge in [0.2, 0.25) is 0 Å². The van der Waals surface area contributed by atoms with Crippen molar-refractivity contribution in [3.05, 3.63) is 35.9 Å². The fourth-order valence-electron chi connectivity index (χ4n) is 2.18. The summed E-state index contributed by atoms with van der Waals surface area (Å²) in [4.78, 5) is 13.7. The molecule has 1 aromatic rings. The van der Waals surface area contributed by atoms with Crippen molar-refractivity contribution in [2.45, 2.75) is 38.8 Å². The quantitative estimate of drug-likeness (QED) is 0.791. The third kappa shape index (κ3) is 3.55. The molecule has 0 bridgehead atoms. The first-order chi connectivity index (χ1) is 8.95. The summed E-state index contributed by atoms with van der Waals surface area (Å²) >= 11 is 0. The van der Waals surface area contributed by atoms with Crippen LogP contribution in [0.5, 0.6) is 0 Å². The van der Waals surface area contributed by atoms with E-state index in [0.29, 0.717) is 18.2 Å². The zero-order valence-corrected chi connectivity index (χ0v) is 12.0. The van der Waals surface area contributed by atoms with E-state index >= 15 is 0 Å². The summed E-state index contributed by atoms with van der Waals surface area (Å²) in [5, 5.41) is 9.53. The van der Waals surface area contributed by atoms with Gasteiger partial charge in [0.1, 0.15) is 0 Å². The van der Waals surface area contributed by atoms with E-state index in [1.807, 2.05) is 25.1 Å². The van der Waals surface area contributed by atoms with Gasteiger partial charge in [-0.05, 0) is 25.5 Å². The lowest BCUT2D eigenvalue weighted by Crippen LogP contribution is -2.55. The molecule has 3 N–H and O–H groups in total. The van der Waals surface area contributed by atoms with E-state index in [1.165, 1.54) is 0 Å². The molecule has 0 aromatic heterocycles. The molecule has 1 aromatic carbocycles. The van der Waals surface area contributed by atoms with E-state index in [1.54, 1.807) is 12.1 Å². The molecule has 0 radical (unpaired) electrons. The molecule has 0 aliphatic carbocycles. The van der Waals surface area contributed by atoms with Crippen LogP contribution in [0.2, 0.25) is 0 Å². The summed E-state index contributed by atoms with van der Waals surface area (Å²) in [7, 11) is 0. The van der Waals surface area contributed by atoms with Gasteiger partial charge in [0.15, 0.2) is 5.54 Å². The first kappa shape index (κ1) is 15.7. The maximum Gasteiger partial charge on any atom is 0.329 e. The van der Waals surface area contributed by atoms with Crippen molar-refractivity contribution in [1.29, 1.82) is 0 Å². The number of nitrogens with zero attached hydrogens (tertiary/aromatic N) is 1. The predicted molar refractivity (Wildman–Crippen MR) is 76.9 cm³/mol. The second-order valence-electron chi connectivity index (χ2n) is 4.96. The Labute approximate surface area is 115 Å². The SMILES string of the molecule is CCC(C)N(CC)CC(N)(C(=O)O)c1ccccc1. The maximum atomic E-state index is 11.6. The smallest absolute Gasteiger partial charge is 0.329 e. The first-order valence-corrected chi connectivity index (χ1v) is 6.77. The minimum atomic E-state index is -1.36. The third-order valence-electron chi connectivity index (χ3n) is 3.74. The standard InChI is InChI=1S/C15H24N2O2/c1-4-12(3)17(5-2)11-15(16,14(18)19)13-9-7-6-8-10-13/h6-10,12H,4-5,11,16H2,1-3H3,(H,18,19). The molecule has 2 unspecified atom stereocenters. The van der Waals surface area contributed by atoms with Crippen molar-refractivity contribution >= 4 is 5.97 Å². The van der Waals surface area contributed by atoms with Gasteiger partial charge < -0.3 is 10.8 Å². The molecule has 4 heteroatoms. The van der Waals surface area contributed by atoms with Gasteiger partial charge in [-0.25, -0.2) is 4.79 Å². The number of carbonyl (C=O) groups is 1. The molecule has 1 rings (SSSR count). The molecule has 19 heavy (non-hydrogen) atoms. The largest absolute Gasteiger partial charge is 0.480 e. The Morgan fingerprint density at radius 2 is 1.95 bits per heavy atom. The van der Waals surface area contributed by atoms with Crippen molar-refractivity contribution in [1.82, 2.24) is 4.90 Å². The number of aliphatic carboxylic acids is 1. The molecule has 0 aliphatic rings. The molecule has 2 atom stereocenters. The molecular weight excluding hydrogens is 240 g/mol. The number of carboxylic acids is 1. The number of rotatable bonds is 7. The Morgan fingerprint density at radius 1 is 1.37 bits per heavy atom. The summed E-state index contributed by atoms with van der Waals surface area (Å²) in [5.41, 5.74) is 5.47. The highest BCUT2D eigenvalue weighted by Gasteiger charge is 2.38. The molecule has 0 saturated carbocycles. The van der Waals surface area contributed by atoms with Crippen LogP contribution in [0.3, 0.4) is 0 Å². The lowest BCUT2D eigenvalue weighted by Gasteiger charge is -2.35. The monoisotopic (exact) mass is 264 g/mol. The fraction of sp³-hybridized carbons (Fsp3) is 0.533. The van der Waals surface area contributed by atoms with Crippen molar-refractivity contribution in [3.8, 4) is 0 Å². The van der Waals surface area contributed by atoms with Gasteiger partial charge >= 0.3 is 5.97 Å². The molecule has 0 aliphatic heterocycles. The van der Waals surface area contributed by atoms with E-state index in [4.69, 9.17) is 5.73 Å². The summed E-state index contributed by atoms with van der Waals surface area (Å²) in [6.07, 6.45) is 0.971. The van der Waals surface area contributed by atoms with Crippen molar-refractivity contribution < 1.29 is 9.90 Å². The number of nitrogens with two attached hydrogens (primary N) is 1. The lowest BCUT2D eigenvalue weighted by molar-refractivity contribution is -0.144. The number of hydrogen-bond acceptors (Lipinski definition) is 3. The van der Waals surface area contributed by atoms with Crippen LogP contribution in [0.15, 0.2) is 30.3 Å². The van der Waals surface area contributed by atoms with Crippen LogP contribution < -0.4 is 5.73 Å². The van der Waals surface area contributed by atoms with Crippen LogP contribution in [0, 0.1) is 0 Å². The highest BCUT2D eigenvalue weighted by atomic mass is 16.4. The van der Waals surface area contributed by atoms with Crippen LogP contribution in [-0.2, 0) is 10.3 Å². The van der Waals surface area contributed by atoms with Gasteiger partial charge in [-0.1, -0.05) is 44.2 Å². The van der Waals surface area contributed by atoms with Crippen LogP contribution in [0.25, 0.3) is 0 Å². The van der Waals surface area contributed by atoms with E-state index in [-0.39, 0.29) is 0 Å². The van der Waals surface area contributed by atoms with Crippen molar-refractivity contribution in [2.75, 3.05) is 13.1 Å². The minimum Gasteiger partial charge on any atom is -0.480 e. The molecule has 0 fully saturated rings. The molecular formula is C15H24N2O2. The molecule has 4 nitrogen and oxygen atoms in total. The molecule has 0 saturated heterocycles. The zero-order chi connectivity index (χ0) is 14.5. The van der Waals surface area contributed by atoms with E-state index < -0.39 is 11.5 Å².